The second kappa shape index (κ2) is 5.96. The molecule has 0 amide bonds. The summed E-state index contributed by atoms with van der Waals surface area (Å²) < 4.78 is 2.14. The van der Waals surface area contributed by atoms with Gasteiger partial charge < -0.3 is 9.67 Å². The lowest BCUT2D eigenvalue weighted by atomic mass is 9.73. The summed E-state index contributed by atoms with van der Waals surface area (Å²) in [6, 6.07) is 20.2. The van der Waals surface area contributed by atoms with E-state index in [1.54, 1.807) is 0 Å². The molecule has 28 heavy (non-hydrogen) atoms. The van der Waals surface area contributed by atoms with Gasteiger partial charge >= 0.3 is 0 Å². The van der Waals surface area contributed by atoms with Crippen molar-refractivity contribution in [3.8, 4) is 5.75 Å². The molecule has 3 nitrogen and oxygen atoms in total. The maximum Gasteiger partial charge on any atom is 0.254 e. The number of fused-ring (bicyclic) bond motifs is 3. The molecule has 1 atom stereocenters. The first kappa shape index (κ1) is 17.1. The summed E-state index contributed by atoms with van der Waals surface area (Å²) in [6.45, 7) is 2.24. The van der Waals surface area contributed by atoms with Gasteiger partial charge in [-0.15, -0.1) is 0 Å². The lowest BCUT2D eigenvalue weighted by molar-refractivity contribution is 0.473. The van der Waals surface area contributed by atoms with Gasteiger partial charge in [0.1, 0.15) is 0 Å². The molecule has 2 N–H and O–H groups in total. The van der Waals surface area contributed by atoms with E-state index in [1.807, 2.05) is 49.5 Å². The van der Waals surface area contributed by atoms with Crippen molar-refractivity contribution in [1.82, 2.24) is 4.57 Å². The molecule has 0 fully saturated rings. The number of nitrogens with zero attached hydrogens (tertiary/aromatic N) is 1. The van der Waals surface area contributed by atoms with Crippen LogP contribution in [0.15, 0.2) is 65.5 Å². The van der Waals surface area contributed by atoms with Crippen LogP contribution in [-0.4, -0.2) is 9.67 Å². The molecule has 0 bridgehead atoms. The fourth-order valence-corrected chi connectivity index (χ4v) is 5.15. The van der Waals surface area contributed by atoms with Crippen molar-refractivity contribution < 1.29 is 5.11 Å². The van der Waals surface area contributed by atoms with Gasteiger partial charge in [0, 0.05) is 35.4 Å². The van der Waals surface area contributed by atoms with Gasteiger partial charge in [-0.2, -0.15) is 0 Å². The largest absolute Gasteiger partial charge is 0.593 e. The van der Waals surface area contributed by atoms with Crippen LogP contribution in [0.3, 0.4) is 0 Å². The molecule has 0 aliphatic heterocycles. The molecule has 0 saturated heterocycles. The average Bonchev–Trinajstić information content (AvgIpc) is 3.10. The van der Waals surface area contributed by atoms with Gasteiger partial charge in [-0.25, -0.2) is 0 Å². The summed E-state index contributed by atoms with van der Waals surface area (Å²) in [5, 5.41) is 9.50. The van der Waals surface area contributed by atoms with E-state index in [0.29, 0.717) is 5.75 Å². The Kier molecular flexibility index (Phi) is 3.63. The molecule has 0 spiro atoms. The zero-order valence-electron chi connectivity index (χ0n) is 16.3. The third kappa shape index (κ3) is 2.19. The standard InChI is InChI=1S/C25H23NO2/c1-3-25(13-12-16-14-18(27)9-11-21(16)25)17-8-10-20-23(15-17)26(2)22-7-5-4-6-19(22)24(20)28/h4-11,14-15,27H,3,12-13H2,1-2H3/p+1. The zero-order chi connectivity index (χ0) is 19.5. The number of hydrogen-bond donors (Lipinski definition) is 0. The Morgan fingerprint density at radius 3 is 2.61 bits per heavy atom. The first-order valence-corrected chi connectivity index (χ1v) is 9.92. The molecular formula is C25H24NO2+. The Balaban J connectivity index is 1.80. The summed E-state index contributed by atoms with van der Waals surface area (Å²) in [6.07, 6.45) is 3.06. The monoisotopic (exact) mass is 370 g/mol. The number of benzene rings is 3. The fourth-order valence-electron chi connectivity index (χ4n) is 5.15. The third-order valence-corrected chi connectivity index (χ3v) is 6.71. The van der Waals surface area contributed by atoms with Crippen LogP contribution in [0, 0.1) is 0 Å². The van der Waals surface area contributed by atoms with Gasteiger partial charge in [-0.05, 0) is 66.3 Å². The molecular weight excluding hydrogens is 346 g/mol. The number of hydrogen-bond acceptors (Lipinski definition) is 1. The van der Waals surface area contributed by atoms with E-state index in [1.165, 1.54) is 16.7 Å². The van der Waals surface area contributed by atoms with Crippen molar-refractivity contribution in [3.63, 3.8) is 0 Å². The van der Waals surface area contributed by atoms with E-state index in [9.17, 15) is 4.79 Å². The Bertz CT molecular complexity index is 1300. The highest BCUT2D eigenvalue weighted by molar-refractivity contribution is 5.93. The van der Waals surface area contributed by atoms with Crippen LogP contribution in [-0.2, 0) is 18.9 Å². The third-order valence-electron chi connectivity index (χ3n) is 6.71. The predicted octanol–water partition coefficient (Wildman–Crippen LogP) is 4.77. The minimum atomic E-state index is -0.0427. The van der Waals surface area contributed by atoms with Crippen molar-refractivity contribution in [2.45, 2.75) is 31.6 Å². The topological polar surface area (TPSA) is 44.9 Å². The van der Waals surface area contributed by atoms with Crippen LogP contribution >= 0.6 is 0 Å². The summed E-state index contributed by atoms with van der Waals surface area (Å²) in [5.74, 6) is 0.582. The molecule has 140 valence electrons. The highest BCUT2D eigenvalue weighted by Crippen LogP contribution is 2.47. The average molecular weight is 370 g/mol. The summed E-state index contributed by atoms with van der Waals surface area (Å²) in [5.41, 5.74) is 5.92. The number of aryl methyl sites for hydroxylation is 2. The maximum absolute atomic E-state index is 13.0. The highest BCUT2D eigenvalue weighted by atomic mass is 16.3. The molecule has 1 aliphatic rings. The van der Waals surface area contributed by atoms with Crippen molar-refractivity contribution >= 4 is 21.8 Å². The number of rotatable bonds is 2. The molecule has 0 saturated carbocycles. The normalized spacial score (nSPS) is 18.6. The summed E-state index contributed by atoms with van der Waals surface area (Å²) in [4.78, 5) is 13.0. The molecule has 5 rings (SSSR count). The molecule has 0 radical (unpaired) electrons. The van der Waals surface area contributed by atoms with E-state index in [2.05, 4.69) is 29.7 Å². The van der Waals surface area contributed by atoms with Gasteiger partial charge in [0.25, 0.3) is 5.75 Å². The zero-order valence-corrected chi connectivity index (χ0v) is 16.3. The van der Waals surface area contributed by atoms with Gasteiger partial charge in [-0.3, -0.25) is 4.79 Å². The first-order valence-electron chi connectivity index (χ1n) is 9.92. The minimum absolute atomic E-state index is 0.0427. The van der Waals surface area contributed by atoms with Crippen molar-refractivity contribution in [2.24, 2.45) is 7.05 Å². The van der Waals surface area contributed by atoms with E-state index >= 15 is 0 Å². The lowest BCUT2D eigenvalue weighted by Crippen LogP contribution is -2.24. The molecule has 1 aromatic heterocycles. The van der Waals surface area contributed by atoms with Crippen LogP contribution < -0.4 is 5.43 Å². The van der Waals surface area contributed by atoms with E-state index in [-0.39, 0.29) is 10.8 Å². The van der Waals surface area contributed by atoms with Crippen molar-refractivity contribution in [3.05, 3.63) is 87.6 Å². The van der Waals surface area contributed by atoms with Crippen LogP contribution in [0.25, 0.3) is 21.8 Å². The second-order valence-electron chi connectivity index (χ2n) is 7.94. The molecule has 3 heteroatoms. The second-order valence-corrected chi connectivity index (χ2v) is 7.94. The maximum atomic E-state index is 13.0. The van der Waals surface area contributed by atoms with Crippen LogP contribution in [0.2, 0.25) is 0 Å². The first-order chi connectivity index (χ1) is 13.5. The summed E-state index contributed by atoms with van der Waals surface area (Å²) >= 11 is 0. The quantitative estimate of drug-likeness (QED) is 0.370. The van der Waals surface area contributed by atoms with Crippen LogP contribution in [0.4, 0.5) is 0 Å². The Hall–Kier alpha value is -3.07. The lowest BCUT2D eigenvalue weighted by Gasteiger charge is -2.30. The van der Waals surface area contributed by atoms with E-state index in [0.717, 1.165) is 41.1 Å². The predicted molar refractivity (Wildman–Crippen MR) is 116 cm³/mol. The van der Waals surface area contributed by atoms with Crippen molar-refractivity contribution in [1.29, 1.82) is 0 Å². The van der Waals surface area contributed by atoms with Gasteiger partial charge in [0.2, 0.25) is 0 Å². The smallest absolute Gasteiger partial charge is 0.254 e. The van der Waals surface area contributed by atoms with Crippen LogP contribution in [0.1, 0.15) is 36.5 Å². The van der Waals surface area contributed by atoms with Gasteiger partial charge in [0.15, 0.2) is 5.43 Å². The number of pyridine rings is 1. The highest BCUT2D eigenvalue weighted by Gasteiger charge is 2.39. The molecule has 1 heterocycles. The Morgan fingerprint density at radius 2 is 1.79 bits per heavy atom. The molecule has 1 aliphatic carbocycles. The minimum Gasteiger partial charge on any atom is -0.593 e. The van der Waals surface area contributed by atoms with E-state index < -0.39 is 0 Å². The fraction of sp³-hybridized carbons (Fsp3) is 0.240. The van der Waals surface area contributed by atoms with Gasteiger partial charge in [-0.1, -0.05) is 25.1 Å². The molecule has 3 aromatic carbocycles. The SMILES string of the molecule is CCC1(c2ccc3c(=O)c4ccccc4n(C)c3c2)CCc2cc([OH2+])ccc21. The Morgan fingerprint density at radius 1 is 1.00 bits per heavy atom. The number of para-hydroxylation sites is 1. The van der Waals surface area contributed by atoms with E-state index in [4.69, 9.17) is 5.11 Å². The van der Waals surface area contributed by atoms with Gasteiger partial charge in [0.05, 0.1) is 11.0 Å². The Labute approximate surface area is 163 Å². The van der Waals surface area contributed by atoms with Crippen LogP contribution in [0.5, 0.6) is 5.75 Å². The van der Waals surface area contributed by atoms with Crippen molar-refractivity contribution in [2.75, 3.05) is 0 Å². The summed E-state index contributed by atoms with van der Waals surface area (Å²) in [7, 11) is 2.04. The molecule has 4 aromatic rings. The molecule has 1 unspecified atom stereocenters. The number of aromatic nitrogens is 1.